The summed E-state index contributed by atoms with van der Waals surface area (Å²) in [5.41, 5.74) is 13.0. The molecular formula is C29H49PSn. The summed E-state index contributed by atoms with van der Waals surface area (Å²) in [6.07, 6.45) is 11.8. The Balaban J connectivity index is 2.79. The van der Waals surface area contributed by atoms with E-state index in [1.165, 1.54) is 57.8 Å². The van der Waals surface area contributed by atoms with Crippen molar-refractivity contribution in [2.75, 3.05) is 0 Å². The second-order valence-electron chi connectivity index (χ2n) is 10.1. The van der Waals surface area contributed by atoms with Gasteiger partial charge in [-0.3, -0.25) is 0 Å². The Morgan fingerprint density at radius 1 is 0.839 bits per heavy atom. The van der Waals surface area contributed by atoms with Crippen LogP contribution in [0.4, 0.5) is 0 Å². The molecule has 2 heteroatoms. The molecule has 0 aromatic heterocycles. The third-order valence-electron chi connectivity index (χ3n) is 7.12. The molecule has 0 spiro atoms. The maximum absolute atomic E-state index is 2.75. The SMILES string of the molecule is CCCCc1cc2c(c(CCCC)c1CCCC)[C]([Sn][CH3])=C(C)C2P(C(C)C)C(C)C. The number of rotatable bonds is 13. The van der Waals surface area contributed by atoms with E-state index in [2.05, 4.69) is 66.4 Å². The number of aryl methyl sites for hydroxylation is 1. The van der Waals surface area contributed by atoms with Crippen LogP contribution < -0.4 is 0 Å². The van der Waals surface area contributed by atoms with E-state index in [4.69, 9.17) is 0 Å². The Morgan fingerprint density at radius 2 is 1.35 bits per heavy atom. The Morgan fingerprint density at radius 3 is 1.84 bits per heavy atom. The Labute approximate surface area is 206 Å². The van der Waals surface area contributed by atoms with Gasteiger partial charge in [0.05, 0.1) is 0 Å². The summed E-state index contributed by atoms with van der Waals surface area (Å²) in [6, 6.07) is 2.75. The van der Waals surface area contributed by atoms with Crippen molar-refractivity contribution < 1.29 is 0 Å². The molecular weight excluding hydrogens is 498 g/mol. The topological polar surface area (TPSA) is 0 Å². The van der Waals surface area contributed by atoms with Gasteiger partial charge in [-0.1, -0.05) is 0 Å². The second kappa shape index (κ2) is 13.2. The number of unbranched alkanes of at least 4 members (excludes halogenated alkanes) is 3. The molecule has 0 heterocycles. The van der Waals surface area contributed by atoms with E-state index in [0.29, 0.717) is 0 Å². The molecule has 31 heavy (non-hydrogen) atoms. The molecule has 1 aromatic rings. The summed E-state index contributed by atoms with van der Waals surface area (Å²) >= 11 is -0.507. The van der Waals surface area contributed by atoms with Crippen LogP contribution in [0.3, 0.4) is 0 Å². The fraction of sp³-hybridized carbons (Fsp3) is 0.724. The molecule has 0 fully saturated rings. The molecule has 2 rings (SSSR count). The van der Waals surface area contributed by atoms with Gasteiger partial charge in [0.1, 0.15) is 0 Å². The second-order valence-corrected chi connectivity index (χ2v) is 16.4. The molecule has 0 bridgehead atoms. The summed E-state index contributed by atoms with van der Waals surface area (Å²) in [5.74, 6) is 0. The number of allylic oxidation sites excluding steroid dienone is 1. The van der Waals surface area contributed by atoms with Crippen molar-refractivity contribution >= 4 is 32.7 Å². The van der Waals surface area contributed by atoms with Crippen molar-refractivity contribution in [3.8, 4) is 0 Å². The Bertz CT molecular complexity index is 736. The quantitative estimate of drug-likeness (QED) is 0.170. The minimum atomic E-state index is -0.507. The molecule has 1 unspecified atom stereocenters. The predicted molar refractivity (Wildman–Crippen MR) is 146 cm³/mol. The zero-order chi connectivity index (χ0) is 23.1. The minimum absolute atomic E-state index is 0.0399. The number of fused-ring (bicyclic) bond motifs is 1. The molecule has 1 aliphatic rings. The summed E-state index contributed by atoms with van der Waals surface area (Å²) in [5, 5.41) is 0. The molecule has 1 aromatic carbocycles. The van der Waals surface area contributed by atoms with Crippen molar-refractivity contribution in [1.29, 1.82) is 0 Å². The monoisotopic (exact) mass is 548 g/mol. The average molecular weight is 547 g/mol. The van der Waals surface area contributed by atoms with Gasteiger partial charge in [0.15, 0.2) is 0 Å². The molecule has 0 N–H and O–H groups in total. The fourth-order valence-electron chi connectivity index (χ4n) is 5.73. The summed E-state index contributed by atoms with van der Waals surface area (Å²) in [6.45, 7) is 19.6. The summed E-state index contributed by atoms with van der Waals surface area (Å²) in [7, 11) is -0.0399. The first kappa shape index (κ1) is 27.4. The first-order valence-electron chi connectivity index (χ1n) is 13.2. The van der Waals surface area contributed by atoms with Crippen LogP contribution in [-0.2, 0) is 19.3 Å². The zero-order valence-corrected chi connectivity index (χ0v) is 25.9. The van der Waals surface area contributed by atoms with Gasteiger partial charge in [0.25, 0.3) is 0 Å². The van der Waals surface area contributed by atoms with Gasteiger partial charge in [0.2, 0.25) is 0 Å². The van der Waals surface area contributed by atoms with Gasteiger partial charge >= 0.3 is 207 Å². The van der Waals surface area contributed by atoms with E-state index in [1.54, 1.807) is 33.4 Å². The Hall–Kier alpha value is 0.189. The van der Waals surface area contributed by atoms with E-state index >= 15 is 0 Å². The van der Waals surface area contributed by atoms with Gasteiger partial charge in [-0.15, -0.1) is 0 Å². The molecule has 174 valence electrons. The molecule has 1 aliphatic carbocycles. The first-order chi connectivity index (χ1) is 14.8. The van der Waals surface area contributed by atoms with E-state index in [9.17, 15) is 0 Å². The molecule has 0 aliphatic heterocycles. The maximum atomic E-state index is 2.75. The van der Waals surface area contributed by atoms with Crippen LogP contribution in [-0.4, -0.2) is 32.5 Å². The van der Waals surface area contributed by atoms with E-state index in [-0.39, 0.29) is 7.92 Å². The fourth-order valence-corrected chi connectivity index (χ4v) is 12.7. The Kier molecular flexibility index (Phi) is 11.7. The van der Waals surface area contributed by atoms with Crippen LogP contribution in [0.15, 0.2) is 11.6 Å². The van der Waals surface area contributed by atoms with Gasteiger partial charge < -0.3 is 0 Å². The first-order valence-corrected chi connectivity index (χ1v) is 19.0. The molecule has 0 saturated heterocycles. The molecule has 0 nitrogen and oxygen atoms in total. The van der Waals surface area contributed by atoms with Crippen LogP contribution >= 0.6 is 7.92 Å². The third-order valence-corrected chi connectivity index (χ3v) is 14.0. The van der Waals surface area contributed by atoms with Crippen molar-refractivity contribution in [1.82, 2.24) is 0 Å². The summed E-state index contributed by atoms with van der Waals surface area (Å²) < 4.78 is 1.88. The van der Waals surface area contributed by atoms with Crippen molar-refractivity contribution in [2.24, 2.45) is 0 Å². The van der Waals surface area contributed by atoms with Crippen LogP contribution in [0, 0.1) is 0 Å². The third kappa shape index (κ3) is 6.20. The van der Waals surface area contributed by atoms with Crippen molar-refractivity contribution in [2.45, 2.75) is 135 Å². The van der Waals surface area contributed by atoms with Crippen molar-refractivity contribution in [3.05, 3.63) is 39.5 Å². The van der Waals surface area contributed by atoms with Gasteiger partial charge in [-0.05, 0) is 0 Å². The average Bonchev–Trinajstić information content (AvgIpc) is 2.99. The van der Waals surface area contributed by atoms with Crippen LogP contribution in [0.2, 0.25) is 4.94 Å². The van der Waals surface area contributed by atoms with Crippen molar-refractivity contribution in [3.63, 3.8) is 0 Å². The normalized spacial score (nSPS) is 16.3. The number of benzene rings is 1. The number of hydrogen-bond acceptors (Lipinski definition) is 0. The molecule has 0 amide bonds. The predicted octanol–water partition coefficient (Wildman–Crippen LogP) is 9.55. The van der Waals surface area contributed by atoms with Crippen LogP contribution in [0.1, 0.15) is 127 Å². The van der Waals surface area contributed by atoms with Crippen LogP contribution in [0.5, 0.6) is 0 Å². The molecule has 0 saturated carbocycles. The van der Waals surface area contributed by atoms with Gasteiger partial charge in [-0.25, -0.2) is 0 Å². The van der Waals surface area contributed by atoms with E-state index < -0.39 is 21.1 Å². The molecule has 2 radical (unpaired) electrons. The standard InChI is InChI=1S/C28H46P.CH3.Sn/c1-9-12-15-23-19-27-26(25(17-14-11-3)24(23)16-13-10-2)18-22(8)28(27)29(20(4)5)21(6)7;;/h19-21,28H,9-17H2,1-8H3;1H3;. The van der Waals surface area contributed by atoms with E-state index in [1.807, 2.05) is 3.59 Å². The van der Waals surface area contributed by atoms with E-state index in [0.717, 1.165) is 17.0 Å². The number of hydrogen-bond donors (Lipinski definition) is 0. The summed E-state index contributed by atoms with van der Waals surface area (Å²) in [4.78, 5) is 2.57. The van der Waals surface area contributed by atoms with Gasteiger partial charge in [-0.2, -0.15) is 0 Å². The molecule has 1 atom stereocenters. The van der Waals surface area contributed by atoms with Gasteiger partial charge in [0, 0.05) is 0 Å². The zero-order valence-electron chi connectivity index (χ0n) is 22.1. The van der Waals surface area contributed by atoms with Crippen LogP contribution in [0.25, 0.3) is 3.59 Å².